The average molecular weight is 323 g/mol. The minimum Gasteiger partial charge on any atom is -0.385 e. The van der Waals surface area contributed by atoms with Crippen molar-refractivity contribution in [3.8, 4) is 0 Å². The second kappa shape index (κ2) is 5.81. The maximum atomic E-state index is 12.8. The van der Waals surface area contributed by atoms with E-state index in [1.54, 1.807) is 24.7 Å². The average Bonchev–Trinajstić information content (AvgIpc) is 2.56. The van der Waals surface area contributed by atoms with Gasteiger partial charge in [0.2, 0.25) is 0 Å². The molecule has 1 aromatic carbocycles. The lowest BCUT2D eigenvalue weighted by Crippen LogP contribution is -2.43. The predicted molar refractivity (Wildman–Crippen MR) is 78.8 cm³/mol. The summed E-state index contributed by atoms with van der Waals surface area (Å²) in [6.45, 7) is 1.01. The van der Waals surface area contributed by atoms with Gasteiger partial charge in [0.05, 0.1) is 17.4 Å². The van der Waals surface area contributed by atoms with Crippen molar-refractivity contribution in [3.05, 3.63) is 54.0 Å². The second-order valence-corrected chi connectivity index (χ2v) is 5.66. The third-order valence-electron chi connectivity index (χ3n) is 4.19. The number of nitrogens with zero attached hydrogens (tertiary/aromatic N) is 3. The number of aliphatic hydroxyl groups is 1. The number of aromatic nitrogens is 2. The standard InChI is InChI=1S/C16H16F3N3O/c17-16(18,19)13-3-1-2-12(10-13)15(23)4-8-22(9-5-15)14-11-20-6-7-21-14/h1-3,6-7,10-11,23H,4-5,8-9H2. The minimum atomic E-state index is -4.41. The molecule has 0 unspecified atom stereocenters. The van der Waals surface area contributed by atoms with E-state index < -0.39 is 17.3 Å². The molecule has 0 aliphatic carbocycles. The highest BCUT2D eigenvalue weighted by Crippen LogP contribution is 2.37. The first-order chi connectivity index (χ1) is 10.9. The van der Waals surface area contributed by atoms with Crippen molar-refractivity contribution >= 4 is 5.82 Å². The summed E-state index contributed by atoms with van der Waals surface area (Å²) >= 11 is 0. The minimum absolute atomic E-state index is 0.311. The highest BCUT2D eigenvalue weighted by atomic mass is 19.4. The van der Waals surface area contributed by atoms with Crippen molar-refractivity contribution in [2.24, 2.45) is 0 Å². The maximum Gasteiger partial charge on any atom is 0.416 e. The van der Waals surface area contributed by atoms with Crippen LogP contribution in [0, 0.1) is 0 Å². The van der Waals surface area contributed by atoms with Gasteiger partial charge in [-0.2, -0.15) is 13.2 Å². The summed E-state index contributed by atoms with van der Waals surface area (Å²) in [5.74, 6) is 0.707. The molecule has 0 bridgehead atoms. The number of benzene rings is 1. The molecule has 0 atom stereocenters. The summed E-state index contributed by atoms with van der Waals surface area (Å²) in [6.07, 6.45) is 1.06. The molecule has 7 heteroatoms. The zero-order chi connectivity index (χ0) is 16.5. The third-order valence-corrected chi connectivity index (χ3v) is 4.19. The Kier molecular flexibility index (Phi) is 3.97. The zero-order valence-electron chi connectivity index (χ0n) is 12.3. The molecular weight excluding hydrogens is 307 g/mol. The predicted octanol–water partition coefficient (Wildman–Crippen LogP) is 2.98. The van der Waals surface area contributed by atoms with E-state index in [1.807, 2.05) is 4.90 Å². The van der Waals surface area contributed by atoms with Gasteiger partial charge in [0.15, 0.2) is 0 Å². The monoisotopic (exact) mass is 323 g/mol. The Morgan fingerprint density at radius 3 is 2.48 bits per heavy atom. The molecule has 1 aliphatic rings. The van der Waals surface area contributed by atoms with Gasteiger partial charge in [0.1, 0.15) is 5.82 Å². The van der Waals surface area contributed by atoms with Gasteiger partial charge in [-0.3, -0.25) is 4.98 Å². The van der Waals surface area contributed by atoms with E-state index in [2.05, 4.69) is 9.97 Å². The van der Waals surface area contributed by atoms with Crippen LogP contribution in [0.25, 0.3) is 0 Å². The Morgan fingerprint density at radius 2 is 1.87 bits per heavy atom. The molecule has 0 radical (unpaired) electrons. The molecule has 1 N–H and O–H groups in total. The molecule has 3 rings (SSSR count). The van der Waals surface area contributed by atoms with Crippen LogP contribution in [-0.2, 0) is 11.8 Å². The fourth-order valence-corrected chi connectivity index (χ4v) is 2.83. The summed E-state index contributed by atoms with van der Waals surface area (Å²) in [4.78, 5) is 10.2. The Bertz CT molecular complexity index is 668. The molecule has 1 aromatic heterocycles. The molecule has 0 spiro atoms. The van der Waals surface area contributed by atoms with Gasteiger partial charge < -0.3 is 10.0 Å². The molecule has 4 nitrogen and oxygen atoms in total. The van der Waals surface area contributed by atoms with Gasteiger partial charge >= 0.3 is 6.18 Å². The van der Waals surface area contributed by atoms with E-state index in [-0.39, 0.29) is 0 Å². The highest BCUT2D eigenvalue weighted by Gasteiger charge is 2.37. The van der Waals surface area contributed by atoms with E-state index in [1.165, 1.54) is 6.07 Å². The smallest absolute Gasteiger partial charge is 0.385 e. The molecular formula is C16H16F3N3O. The number of anilines is 1. The van der Waals surface area contributed by atoms with Crippen LogP contribution in [0.3, 0.4) is 0 Å². The second-order valence-electron chi connectivity index (χ2n) is 5.66. The van der Waals surface area contributed by atoms with Gasteiger partial charge in [-0.1, -0.05) is 12.1 Å². The van der Waals surface area contributed by atoms with E-state index in [0.717, 1.165) is 12.1 Å². The van der Waals surface area contributed by atoms with Gasteiger partial charge in [0, 0.05) is 25.5 Å². The van der Waals surface area contributed by atoms with Crippen LogP contribution in [0.4, 0.5) is 19.0 Å². The number of rotatable bonds is 2. The Hall–Kier alpha value is -2.15. The summed E-state index contributed by atoms with van der Waals surface area (Å²) in [5, 5.41) is 10.8. The van der Waals surface area contributed by atoms with Gasteiger partial charge in [-0.05, 0) is 30.5 Å². The zero-order valence-corrected chi connectivity index (χ0v) is 12.3. The number of halogens is 3. The molecule has 122 valence electrons. The first-order valence-corrected chi connectivity index (χ1v) is 7.30. The first-order valence-electron chi connectivity index (χ1n) is 7.30. The summed E-state index contributed by atoms with van der Waals surface area (Å²) in [5.41, 5.74) is -1.68. The van der Waals surface area contributed by atoms with Crippen LogP contribution in [0.2, 0.25) is 0 Å². The number of piperidine rings is 1. The van der Waals surface area contributed by atoms with Crippen LogP contribution in [0.15, 0.2) is 42.9 Å². The molecule has 23 heavy (non-hydrogen) atoms. The van der Waals surface area contributed by atoms with E-state index in [9.17, 15) is 18.3 Å². The molecule has 2 aromatic rings. The van der Waals surface area contributed by atoms with Crippen LogP contribution >= 0.6 is 0 Å². The molecule has 1 fully saturated rings. The van der Waals surface area contributed by atoms with Crippen molar-refractivity contribution < 1.29 is 18.3 Å². The van der Waals surface area contributed by atoms with Gasteiger partial charge in [0.25, 0.3) is 0 Å². The van der Waals surface area contributed by atoms with E-state index >= 15 is 0 Å². The first kappa shape index (κ1) is 15.7. The maximum absolute atomic E-state index is 12.8. The normalized spacial score (nSPS) is 18.0. The van der Waals surface area contributed by atoms with Crippen LogP contribution in [-0.4, -0.2) is 28.2 Å². The number of hydrogen-bond acceptors (Lipinski definition) is 4. The van der Waals surface area contributed by atoms with Gasteiger partial charge in [-0.25, -0.2) is 4.98 Å². The number of alkyl halides is 3. The van der Waals surface area contributed by atoms with E-state index in [4.69, 9.17) is 0 Å². The van der Waals surface area contributed by atoms with Crippen LogP contribution in [0.5, 0.6) is 0 Å². The lowest BCUT2D eigenvalue weighted by atomic mass is 9.84. The SMILES string of the molecule is OC1(c2cccc(C(F)(F)F)c2)CCN(c2cnccn2)CC1. The van der Waals surface area contributed by atoms with Gasteiger partial charge in [-0.15, -0.1) is 0 Å². The Labute approximate surface area is 131 Å². The summed E-state index contributed by atoms with van der Waals surface area (Å²) in [7, 11) is 0. The van der Waals surface area contributed by atoms with Crippen LogP contribution < -0.4 is 4.90 Å². The van der Waals surface area contributed by atoms with Crippen molar-refractivity contribution in [1.29, 1.82) is 0 Å². The third kappa shape index (κ3) is 3.29. The molecule has 0 amide bonds. The molecule has 2 heterocycles. The summed E-state index contributed by atoms with van der Waals surface area (Å²) < 4.78 is 38.5. The Morgan fingerprint density at radius 1 is 1.13 bits per heavy atom. The lowest BCUT2D eigenvalue weighted by Gasteiger charge is -2.39. The lowest BCUT2D eigenvalue weighted by molar-refractivity contribution is -0.137. The molecule has 1 aliphatic heterocycles. The summed E-state index contributed by atoms with van der Waals surface area (Å²) in [6, 6.07) is 4.94. The molecule has 1 saturated heterocycles. The fourth-order valence-electron chi connectivity index (χ4n) is 2.83. The highest BCUT2D eigenvalue weighted by molar-refractivity contribution is 5.38. The largest absolute Gasteiger partial charge is 0.416 e. The van der Waals surface area contributed by atoms with Crippen molar-refractivity contribution in [3.63, 3.8) is 0 Å². The van der Waals surface area contributed by atoms with Crippen molar-refractivity contribution in [1.82, 2.24) is 9.97 Å². The number of hydrogen-bond donors (Lipinski definition) is 1. The Balaban J connectivity index is 1.77. The topological polar surface area (TPSA) is 49.2 Å². The van der Waals surface area contributed by atoms with Crippen LogP contribution in [0.1, 0.15) is 24.0 Å². The van der Waals surface area contributed by atoms with Crippen molar-refractivity contribution in [2.75, 3.05) is 18.0 Å². The molecule has 0 saturated carbocycles. The fraction of sp³-hybridized carbons (Fsp3) is 0.375. The van der Waals surface area contributed by atoms with E-state index in [0.29, 0.717) is 37.3 Å². The quantitative estimate of drug-likeness (QED) is 0.923. The van der Waals surface area contributed by atoms with Crippen molar-refractivity contribution in [2.45, 2.75) is 24.6 Å².